The molecule has 0 spiro atoms. The van der Waals surface area contributed by atoms with Gasteiger partial charge in [0.2, 0.25) is 0 Å². The van der Waals surface area contributed by atoms with E-state index < -0.39 is 5.82 Å². The zero-order valence-electron chi connectivity index (χ0n) is 10.0. The Morgan fingerprint density at radius 2 is 1.80 bits per heavy atom. The second-order valence-corrected chi connectivity index (χ2v) is 5.21. The summed E-state index contributed by atoms with van der Waals surface area (Å²) in [7, 11) is 0. The second-order valence-electron chi connectivity index (χ2n) is 3.96. The summed E-state index contributed by atoms with van der Waals surface area (Å²) >= 11 is 17.5. The fourth-order valence-electron chi connectivity index (χ4n) is 1.61. The first-order chi connectivity index (χ1) is 9.49. The lowest BCUT2D eigenvalue weighted by atomic mass is 10.1. The molecule has 0 N–H and O–H groups in total. The van der Waals surface area contributed by atoms with Gasteiger partial charge in [0.1, 0.15) is 5.82 Å². The molecule has 0 fully saturated rings. The van der Waals surface area contributed by atoms with Crippen LogP contribution in [-0.4, -0.2) is 5.78 Å². The molecule has 0 amide bonds. The van der Waals surface area contributed by atoms with Crippen LogP contribution in [0.1, 0.15) is 15.9 Å². The zero-order chi connectivity index (χ0) is 14.7. The van der Waals surface area contributed by atoms with E-state index in [0.717, 1.165) is 0 Å². The molecule has 2 aromatic carbocycles. The van der Waals surface area contributed by atoms with Crippen molar-refractivity contribution in [1.29, 1.82) is 0 Å². The van der Waals surface area contributed by atoms with Gasteiger partial charge in [-0.15, -0.1) is 0 Å². The monoisotopic (exact) mass is 328 g/mol. The molecular formula is C15H8Cl3FO. The van der Waals surface area contributed by atoms with Gasteiger partial charge in [0.15, 0.2) is 5.78 Å². The predicted octanol–water partition coefficient (Wildman–Crippen LogP) is 5.68. The highest BCUT2D eigenvalue weighted by molar-refractivity contribution is 6.37. The SMILES string of the molecule is O=C(C=Cc1c(F)cccc1Cl)c1ccc(Cl)cc1Cl. The highest BCUT2D eigenvalue weighted by atomic mass is 35.5. The number of rotatable bonds is 3. The Bertz CT molecular complexity index is 675. The Kier molecular flexibility index (Phi) is 4.81. The van der Waals surface area contributed by atoms with Crippen LogP contribution in [0.2, 0.25) is 15.1 Å². The van der Waals surface area contributed by atoms with Crippen molar-refractivity contribution in [3.8, 4) is 0 Å². The van der Waals surface area contributed by atoms with E-state index in [2.05, 4.69) is 0 Å². The van der Waals surface area contributed by atoms with E-state index in [1.54, 1.807) is 12.1 Å². The van der Waals surface area contributed by atoms with Crippen LogP contribution >= 0.6 is 34.8 Å². The van der Waals surface area contributed by atoms with Crippen LogP contribution in [0.15, 0.2) is 42.5 Å². The summed E-state index contributed by atoms with van der Waals surface area (Å²) in [5, 5.41) is 0.913. The van der Waals surface area contributed by atoms with E-state index in [0.29, 0.717) is 10.6 Å². The molecular weight excluding hydrogens is 322 g/mol. The number of carbonyl (C=O) groups excluding carboxylic acids is 1. The number of benzene rings is 2. The minimum Gasteiger partial charge on any atom is -0.289 e. The highest BCUT2D eigenvalue weighted by Gasteiger charge is 2.09. The fraction of sp³-hybridized carbons (Fsp3) is 0. The van der Waals surface area contributed by atoms with Gasteiger partial charge in [0.25, 0.3) is 0 Å². The topological polar surface area (TPSA) is 17.1 Å². The van der Waals surface area contributed by atoms with Crippen molar-refractivity contribution in [3.05, 3.63) is 74.5 Å². The Hall–Kier alpha value is -1.35. The van der Waals surface area contributed by atoms with Crippen molar-refractivity contribution >= 4 is 46.7 Å². The zero-order valence-corrected chi connectivity index (χ0v) is 12.3. The van der Waals surface area contributed by atoms with Gasteiger partial charge in [0, 0.05) is 16.1 Å². The van der Waals surface area contributed by atoms with E-state index in [-0.39, 0.29) is 21.4 Å². The predicted molar refractivity (Wildman–Crippen MR) is 81.2 cm³/mol. The number of allylic oxidation sites excluding steroid dienone is 1. The highest BCUT2D eigenvalue weighted by Crippen LogP contribution is 2.23. The summed E-state index contributed by atoms with van der Waals surface area (Å²) < 4.78 is 13.5. The first-order valence-corrected chi connectivity index (χ1v) is 6.74. The molecule has 0 aromatic heterocycles. The molecule has 5 heteroatoms. The average Bonchev–Trinajstić information content (AvgIpc) is 2.37. The van der Waals surface area contributed by atoms with E-state index >= 15 is 0 Å². The molecule has 0 unspecified atom stereocenters. The van der Waals surface area contributed by atoms with Crippen molar-refractivity contribution < 1.29 is 9.18 Å². The maximum absolute atomic E-state index is 13.5. The van der Waals surface area contributed by atoms with E-state index in [4.69, 9.17) is 34.8 Å². The fourth-order valence-corrected chi connectivity index (χ4v) is 2.34. The Balaban J connectivity index is 2.30. The second kappa shape index (κ2) is 6.40. The van der Waals surface area contributed by atoms with Crippen LogP contribution in [0, 0.1) is 5.82 Å². The molecule has 0 saturated heterocycles. The molecule has 0 bridgehead atoms. The Morgan fingerprint density at radius 3 is 2.45 bits per heavy atom. The smallest absolute Gasteiger partial charge is 0.187 e. The number of ketones is 1. The maximum Gasteiger partial charge on any atom is 0.187 e. The number of halogens is 4. The Morgan fingerprint density at radius 1 is 1.05 bits per heavy atom. The summed E-state index contributed by atoms with van der Waals surface area (Å²) in [6.45, 7) is 0. The molecule has 0 aliphatic carbocycles. The lowest BCUT2D eigenvalue weighted by Crippen LogP contribution is -1.95. The standard InChI is InChI=1S/C15H8Cl3FO/c16-9-4-5-11(13(18)8-9)15(20)7-6-10-12(17)2-1-3-14(10)19/h1-8H. The largest absolute Gasteiger partial charge is 0.289 e. The van der Waals surface area contributed by atoms with Gasteiger partial charge in [-0.2, -0.15) is 0 Å². The molecule has 0 heterocycles. The van der Waals surface area contributed by atoms with Crippen molar-refractivity contribution in [2.75, 3.05) is 0 Å². The third kappa shape index (κ3) is 3.40. The van der Waals surface area contributed by atoms with Crippen LogP contribution in [0.5, 0.6) is 0 Å². The van der Waals surface area contributed by atoms with Gasteiger partial charge >= 0.3 is 0 Å². The third-order valence-corrected chi connectivity index (χ3v) is 3.48. The molecule has 20 heavy (non-hydrogen) atoms. The minimum atomic E-state index is -0.497. The first-order valence-electron chi connectivity index (χ1n) is 5.60. The molecule has 2 aromatic rings. The molecule has 2 rings (SSSR count). The molecule has 1 nitrogen and oxygen atoms in total. The third-order valence-electron chi connectivity index (χ3n) is 2.60. The van der Waals surface area contributed by atoms with Crippen molar-refractivity contribution in [2.24, 2.45) is 0 Å². The molecule has 0 aliphatic heterocycles. The molecule has 0 radical (unpaired) electrons. The summed E-state index contributed by atoms with van der Waals surface area (Å²) in [6.07, 6.45) is 2.55. The quantitative estimate of drug-likeness (QED) is 0.523. The van der Waals surface area contributed by atoms with E-state index in [1.807, 2.05) is 0 Å². The molecule has 102 valence electrons. The molecule has 0 atom stereocenters. The molecule has 0 saturated carbocycles. The lowest BCUT2D eigenvalue weighted by Gasteiger charge is -2.01. The summed E-state index contributed by atoms with van der Waals surface area (Å²) in [4.78, 5) is 12.0. The lowest BCUT2D eigenvalue weighted by molar-refractivity contribution is 0.104. The van der Waals surface area contributed by atoms with Gasteiger partial charge in [0.05, 0.1) is 10.0 Å². The number of hydrogen-bond acceptors (Lipinski definition) is 1. The van der Waals surface area contributed by atoms with Gasteiger partial charge in [-0.1, -0.05) is 40.9 Å². The number of hydrogen-bond donors (Lipinski definition) is 0. The van der Waals surface area contributed by atoms with E-state index in [9.17, 15) is 9.18 Å². The van der Waals surface area contributed by atoms with Crippen LogP contribution < -0.4 is 0 Å². The normalized spacial score (nSPS) is 11.0. The van der Waals surface area contributed by atoms with Gasteiger partial charge in [-0.3, -0.25) is 4.79 Å². The summed E-state index contributed by atoms with van der Waals surface area (Å²) in [5.74, 6) is -0.852. The first kappa shape index (κ1) is 15.0. The van der Waals surface area contributed by atoms with Gasteiger partial charge < -0.3 is 0 Å². The van der Waals surface area contributed by atoms with Crippen LogP contribution in [0.4, 0.5) is 4.39 Å². The van der Waals surface area contributed by atoms with Crippen LogP contribution in [0.25, 0.3) is 6.08 Å². The maximum atomic E-state index is 13.5. The van der Waals surface area contributed by atoms with Crippen LogP contribution in [-0.2, 0) is 0 Å². The summed E-state index contributed by atoms with van der Waals surface area (Å²) in [5.41, 5.74) is 0.451. The van der Waals surface area contributed by atoms with Crippen molar-refractivity contribution in [3.63, 3.8) is 0 Å². The molecule has 0 aliphatic rings. The van der Waals surface area contributed by atoms with E-state index in [1.165, 1.54) is 36.4 Å². The average molecular weight is 330 g/mol. The summed E-state index contributed by atoms with van der Waals surface area (Å²) in [6, 6.07) is 8.85. The number of carbonyl (C=O) groups is 1. The van der Waals surface area contributed by atoms with Gasteiger partial charge in [-0.05, 0) is 42.5 Å². The van der Waals surface area contributed by atoms with Gasteiger partial charge in [-0.25, -0.2) is 4.39 Å². The van der Waals surface area contributed by atoms with Crippen molar-refractivity contribution in [1.82, 2.24) is 0 Å². The minimum absolute atomic E-state index is 0.160. The Labute approximate surface area is 130 Å². The van der Waals surface area contributed by atoms with Crippen molar-refractivity contribution in [2.45, 2.75) is 0 Å². The van der Waals surface area contributed by atoms with Crippen LogP contribution in [0.3, 0.4) is 0 Å².